The van der Waals surface area contributed by atoms with Gasteiger partial charge in [-0.3, -0.25) is 14.4 Å². The first-order valence-electron chi connectivity index (χ1n) is 10.1. The van der Waals surface area contributed by atoms with Crippen LogP contribution in [-0.4, -0.2) is 54.5 Å². The molecule has 2 aromatic rings. The lowest BCUT2D eigenvalue weighted by molar-refractivity contribution is -0.140. The van der Waals surface area contributed by atoms with Crippen LogP contribution in [0.4, 0.5) is 0 Å². The highest BCUT2D eigenvalue weighted by molar-refractivity contribution is 7.90. The van der Waals surface area contributed by atoms with Gasteiger partial charge in [0.25, 0.3) is 15.9 Å². The van der Waals surface area contributed by atoms with Crippen LogP contribution < -0.4 is 5.32 Å². The average Bonchev–Trinajstić information content (AvgIpc) is 2.97. The number of hydrogen-bond acceptors (Lipinski definition) is 5. The summed E-state index contributed by atoms with van der Waals surface area (Å²) >= 11 is 6.24. The summed E-state index contributed by atoms with van der Waals surface area (Å²) in [5, 5.41) is 3.14. The van der Waals surface area contributed by atoms with Gasteiger partial charge in [-0.2, -0.15) is 0 Å². The zero-order valence-corrected chi connectivity index (χ0v) is 19.3. The van der Waals surface area contributed by atoms with E-state index in [0.717, 1.165) is 6.42 Å². The number of hydrogen-bond donors (Lipinski definition) is 1. The van der Waals surface area contributed by atoms with Crippen molar-refractivity contribution in [2.75, 3.05) is 13.1 Å². The molecule has 0 aliphatic carbocycles. The van der Waals surface area contributed by atoms with E-state index in [1.165, 1.54) is 23.1 Å². The lowest BCUT2D eigenvalue weighted by Crippen LogP contribution is -2.51. The maximum Gasteiger partial charge on any atom is 0.269 e. The van der Waals surface area contributed by atoms with Crippen LogP contribution in [-0.2, 0) is 26.2 Å². The number of nitrogens with one attached hydrogen (secondary N) is 1. The summed E-state index contributed by atoms with van der Waals surface area (Å²) in [7, 11) is -4.16. The summed E-state index contributed by atoms with van der Waals surface area (Å²) in [5.74, 6) is -1.84. The highest BCUT2D eigenvalue weighted by Gasteiger charge is 2.43. The molecule has 1 aliphatic heterocycles. The van der Waals surface area contributed by atoms with Gasteiger partial charge < -0.3 is 10.2 Å². The summed E-state index contributed by atoms with van der Waals surface area (Å²) in [6.45, 7) is 3.15. The molecule has 1 aliphatic rings. The van der Waals surface area contributed by atoms with Gasteiger partial charge in [0.15, 0.2) is 0 Å². The lowest BCUT2D eigenvalue weighted by Gasteiger charge is -2.30. The lowest BCUT2D eigenvalue weighted by atomic mass is 10.1. The molecule has 2 aromatic carbocycles. The number of benzene rings is 2. The third kappa shape index (κ3) is 4.63. The second-order valence-corrected chi connectivity index (χ2v) is 9.63. The van der Waals surface area contributed by atoms with Crippen molar-refractivity contribution in [2.24, 2.45) is 0 Å². The first-order chi connectivity index (χ1) is 15.2. The van der Waals surface area contributed by atoms with Crippen molar-refractivity contribution in [3.63, 3.8) is 0 Å². The number of sulfonamides is 1. The van der Waals surface area contributed by atoms with E-state index in [2.05, 4.69) is 5.32 Å². The maximum atomic E-state index is 13.3. The maximum absolute atomic E-state index is 13.3. The van der Waals surface area contributed by atoms with E-state index in [4.69, 9.17) is 11.6 Å². The Labute approximate surface area is 192 Å². The number of nitrogens with zero attached hydrogens (tertiary/aromatic N) is 2. The SMILES string of the molecule is CCCNC(=O)[C@@H](C)N(Cc1ccccc1Cl)C(=O)CN1C(=O)c2ccccc2S1(=O)=O. The van der Waals surface area contributed by atoms with Gasteiger partial charge in [-0.15, -0.1) is 0 Å². The first kappa shape index (κ1) is 23.7. The molecule has 3 amide bonds. The highest BCUT2D eigenvalue weighted by Crippen LogP contribution is 2.30. The molecule has 1 N–H and O–H groups in total. The Bertz CT molecular complexity index is 1150. The molecule has 32 heavy (non-hydrogen) atoms. The minimum absolute atomic E-state index is 0.0196. The van der Waals surface area contributed by atoms with Gasteiger partial charge in [0.2, 0.25) is 11.8 Å². The van der Waals surface area contributed by atoms with E-state index in [1.54, 1.807) is 37.3 Å². The molecule has 1 atom stereocenters. The molecule has 0 saturated carbocycles. The van der Waals surface area contributed by atoms with Crippen molar-refractivity contribution in [1.29, 1.82) is 0 Å². The summed E-state index contributed by atoms with van der Waals surface area (Å²) < 4.78 is 26.2. The Hall–Kier alpha value is -2.91. The average molecular weight is 478 g/mol. The molecule has 1 heterocycles. The molecule has 0 aromatic heterocycles. The second-order valence-electron chi connectivity index (χ2n) is 7.39. The van der Waals surface area contributed by atoms with Crippen molar-refractivity contribution in [3.05, 3.63) is 64.7 Å². The van der Waals surface area contributed by atoms with Crippen LogP contribution in [0.25, 0.3) is 0 Å². The molecule has 0 radical (unpaired) electrons. The number of rotatable bonds is 8. The molecule has 170 valence electrons. The third-order valence-corrected chi connectivity index (χ3v) is 7.36. The summed E-state index contributed by atoms with van der Waals surface area (Å²) in [4.78, 5) is 39.7. The third-order valence-electron chi connectivity index (χ3n) is 5.21. The van der Waals surface area contributed by atoms with Crippen LogP contribution in [0.1, 0.15) is 36.2 Å². The van der Waals surface area contributed by atoms with Gasteiger partial charge in [-0.05, 0) is 37.1 Å². The van der Waals surface area contributed by atoms with Gasteiger partial charge in [-0.1, -0.05) is 48.9 Å². The number of carbonyl (C=O) groups excluding carboxylic acids is 3. The predicted molar refractivity (Wildman–Crippen MR) is 119 cm³/mol. The van der Waals surface area contributed by atoms with Crippen molar-refractivity contribution in [2.45, 2.75) is 37.8 Å². The van der Waals surface area contributed by atoms with Gasteiger partial charge in [0.1, 0.15) is 17.5 Å². The zero-order chi connectivity index (χ0) is 23.5. The Morgan fingerprint density at radius 2 is 1.78 bits per heavy atom. The Morgan fingerprint density at radius 3 is 2.44 bits per heavy atom. The van der Waals surface area contributed by atoms with Crippen molar-refractivity contribution in [3.8, 4) is 0 Å². The molecule has 0 unspecified atom stereocenters. The molecule has 0 fully saturated rings. The van der Waals surface area contributed by atoms with Crippen LogP contribution in [0.5, 0.6) is 0 Å². The molecule has 8 nitrogen and oxygen atoms in total. The van der Waals surface area contributed by atoms with Crippen LogP contribution in [0.3, 0.4) is 0 Å². The fourth-order valence-electron chi connectivity index (χ4n) is 3.39. The molecule has 0 saturated heterocycles. The normalized spacial score (nSPS) is 15.2. The van der Waals surface area contributed by atoms with Crippen molar-refractivity contribution in [1.82, 2.24) is 14.5 Å². The van der Waals surface area contributed by atoms with E-state index >= 15 is 0 Å². The van der Waals surface area contributed by atoms with Gasteiger partial charge in [0, 0.05) is 18.1 Å². The van der Waals surface area contributed by atoms with Crippen LogP contribution in [0.2, 0.25) is 5.02 Å². The first-order valence-corrected chi connectivity index (χ1v) is 12.0. The number of carbonyl (C=O) groups is 3. The minimum atomic E-state index is -4.16. The zero-order valence-electron chi connectivity index (χ0n) is 17.7. The fourth-order valence-corrected chi connectivity index (χ4v) is 5.10. The second kappa shape index (κ2) is 9.70. The van der Waals surface area contributed by atoms with Crippen LogP contribution >= 0.6 is 11.6 Å². The van der Waals surface area contributed by atoms with E-state index in [0.29, 0.717) is 21.4 Å². The largest absolute Gasteiger partial charge is 0.354 e. The highest BCUT2D eigenvalue weighted by atomic mass is 35.5. The van der Waals surface area contributed by atoms with E-state index in [9.17, 15) is 22.8 Å². The van der Waals surface area contributed by atoms with E-state index in [-0.39, 0.29) is 22.9 Å². The standard InChI is InChI=1S/C22H24ClN3O5S/c1-3-12-24-21(28)15(2)25(13-16-8-4-6-10-18(16)23)20(27)14-26-22(29)17-9-5-7-11-19(17)32(26,30)31/h4-11,15H,3,12-14H2,1-2H3,(H,24,28)/t15-/m1/s1. The number of fused-ring (bicyclic) bond motifs is 1. The number of amides is 3. The van der Waals surface area contributed by atoms with E-state index in [1.807, 2.05) is 6.92 Å². The van der Waals surface area contributed by atoms with Gasteiger partial charge in [-0.25, -0.2) is 12.7 Å². The van der Waals surface area contributed by atoms with Crippen molar-refractivity contribution >= 4 is 39.3 Å². The molecule has 3 rings (SSSR count). The smallest absolute Gasteiger partial charge is 0.269 e. The summed E-state index contributed by atoms with van der Waals surface area (Å²) in [6, 6.07) is 11.8. The van der Waals surface area contributed by atoms with Crippen LogP contribution in [0.15, 0.2) is 53.4 Å². The quantitative estimate of drug-likeness (QED) is 0.628. The monoisotopic (exact) mass is 477 g/mol. The van der Waals surface area contributed by atoms with Crippen molar-refractivity contribution < 1.29 is 22.8 Å². The Morgan fingerprint density at radius 1 is 1.12 bits per heavy atom. The Kier molecular flexibility index (Phi) is 7.20. The van der Waals surface area contributed by atoms with Gasteiger partial charge in [0.05, 0.1) is 5.56 Å². The fraction of sp³-hybridized carbons (Fsp3) is 0.318. The predicted octanol–water partition coefficient (Wildman–Crippen LogP) is 2.43. The summed E-state index contributed by atoms with van der Waals surface area (Å²) in [6.07, 6.45) is 0.718. The van der Waals surface area contributed by atoms with Crippen LogP contribution in [0, 0.1) is 0 Å². The minimum Gasteiger partial charge on any atom is -0.354 e. The van der Waals surface area contributed by atoms with Gasteiger partial charge >= 0.3 is 0 Å². The topological polar surface area (TPSA) is 104 Å². The summed E-state index contributed by atoms with van der Waals surface area (Å²) in [5.41, 5.74) is 0.614. The molecular weight excluding hydrogens is 454 g/mol. The molecular formula is C22H24ClN3O5S. The van der Waals surface area contributed by atoms with E-state index < -0.39 is 34.4 Å². The Balaban J connectivity index is 1.89. The molecule has 10 heteroatoms. The molecule has 0 spiro atoms. The molecule has 0 bridgehead atoms. The number of halogens is 1.